The third-order valence-corrected chi connectivity index (χ3v) is 18.4. The van der Waals surface area contributed by atoms with Crippen LogP contribution in [0.1, 0.15) is 88.2 Å². The van der Waals surface area contributed by atoms with Crippen LogP contribution in [0.2, 0.25) is 0 Å². The first-order valence-electron chi connectivity index (χ1n) is 35.4. The number of hydrogen-bond acceptors (Lipinski definition) is 19. The maximum absolute atomic E-state index is 14.4. The molecular formula is C72H100N12O21. The van der Waals surface area contributed by atoms with Crippen molar-refractivity contribution in [2.45, 2.75) is 114 Å². The Hall–Kier alpha value is -10.1. The number of carboxylic acids is 6. The number of carboxylic acid groups (broad SMARTS) is 6. The summed E-state index contributed by atoms with van der Waals surface area (Å²) < 4.78 is 10.0. The number of unbranched alkanes of at least 4 members (excludes halogenated alkanes) is 2. The number of nitrogens with zero attached hydrogens (tertiary/aromatic N) is 4. The summed E-state index contributed by atoms with van der Waals surface area (Å²) in [4.78, 5) is 172. The Morgan fingerprint density at radius 1 is 0.486 bits per heavy atom. The van der Waals surface area contributed by atoms with Crippen molar-refractivity contribution in [1.29, 1.82) is 0 Å². The molecule has 33 nitrogen and oxygen atoms in total. The fourth-order valence-electron chi connectivity index (χ4n) is 12.7. The van der Waals surface area contributed by atoms with Gasteiger partial charge in [-0.3, -0.25) is 62.8 Å². The third-order valence-electron chi connectivity index (χ3n) is 18.4. The predicted molar refractivity (Wildman–Crippen MR) is 382 cm³/mol. The van der Waals surface area contributed by atoms with E-state index in [4.69, 9.17) is 14.6 Å². The maximum Gasteiger partial charge on any atom is 0.329 e. The molecule has 1 heterocycles. The van der Waals surface area contributed by atoms with Crippen LogP contribution >= 0.6 is 0 Å². The number of rotatable bonds is 42. The number of ether oxygens (including phenoxy) is 2. The second-order valence-corrected chi connectivity index (χ2v) is 26.4. The normalized spacial score (nSPS) is 16.8. The van der Waals surface area contributed by atoms with Gasteiger partial charge >= 0.3 is 41.8 Å². The summed E-state index contributed by atoms with van der Waals surface area (Å²) in [6, 6.07) is 18.5. The summed E-state index contributed by atoms with van der Waals surface area (Å²) in [5.41, 5.74) is 1.83. The highest BCUT2D eigenvalue weighted by atomic mass is 16.5. The molecule has 0 bridgehead atoms. The van der Waals surface area contributed by atoms with Crippen molar-refractivity contribution in [3.63, 3.8) is 0 Å². The van der Waals surface area contributed by atoms with Crippen molar-refractivity contribution in [2.75, 3.05) is 125 Å². The molecule has 574 valence electrons. The molecule has 2 aliphatic rings. The van der Waals surface area contributed by atoms with Crippen LogP contribution in [-0.2, 0) is 75.1 Å². The highest BCUT2D eigenvalue weighted by Gasteiger charge is 2.33. The van der Waals surface area contributed by atoms with Crippen molar-refractivity contribution in [3.05, 3.63) is 90.0 Å². The smallest absolute Gasteiger partial charge is 0.329 e. The van der Waals surface area contributed by atoms with Gasteiger partial charge in [-0.25, -0.2) is 19.2 Å². The van der Waals surface area contributed by atoms with E-state index in [1.54, 1.807) is 26.7 Å². The van der Waals surface area contributed by atoms with E-state index >= 15 is 0 Å². The van der Waals surface area contributed by atoms with E-state index in [0.29, 0.717) is 57.1 Å². The summed E-state index contributed by atoms with van der Waals surface area (Å²) in [5.74, 6) is -10.1. The van der Waals surface area contributed by atoms with Crippen LogP contribution in [0.5, 0.6) is 5.75 Å². The van der Waals surface area contributed by atoms with E-state index in [1.807, 2.05) is 78.9 Å². The van der Waals surface area contributed by atoms with Crippen molar-refractivity contribution in [1.82, 2.24) is 62.1 Å². The van der Waals surface area contributed by atoms with Crippen LogP contribution in [-0.4, -0.2) is 277 Å². The van der Waals surface area contributed by atoms with Gasteiger partial charge in [0.25, 0.3) is 0 Å². The monoisotopic (exact) mass is 1470 g/mol. The number of methoxy groups -OCH3 is 1. The lowest BCUT2D eigenvalue weighted by Gasteiger charge is -2.32. The fraction of sp³-hybridized carbons (Fsp3) is 0.542. The first kappa shape index (κ1) is 83.9. The summed E-state index contributed by atoms with van der Waals surface area (Å²) in [5, 5.41) is 82.0. The van der Waals surface area contributed by atoms with Gasteiger partial charge in [-0.2, -0.15) is 0 Å². The quantitative estimate of drug-likeness (QED) is 0.0217. The summed E-state index contributed by atoms with van der Waals surface area (Å²) >= 11 is 0. The minimum Gasteiger partial charge on any atom is -0.497 e. The zero-order valence-corrected chi connectivity index (χ0v) is 59.2. The van der Waals surface area contributed by atoms with E-state index in [-0.39, 0.29) is 160 Å². The lowest BCUT2D eigenvalue weighted by atomic mass is 9.81. The average molecular weight is 1470 g/mol. The van der Waals surface area contributed by atoms with Crippen molar-refractivity contribution in [2.24, 2.45) is 11.8 Å². The minimum atomic E-state index is -1.68. The molecule has 105 heavy (non-hydrogen) atoms. The number of urea groups is 1. The molecule has 1 saturated carbocycles. The molecule has 4 atom stereocenters. The van der Waals surface area contributed by atoms with Crippen molar-refractivity contribution in [3.8, 4) is 5.75 Å². The standard InChI is InChI=1S/C72H100N12O21/c1-104-52-25-21-47(22-26-52)11-10-18-60(85)75-40-61(86)77-56(16-6-8-27-73-62(87)41-81-29-31-82(42-63(88)89)33-35-84(44-65(92)93)36-34-83(32-30-81)43-64(90)91)68(97)76-39-48-19-23-49(24-20-48)67(96)78-58(38-55-53-14-4-2-12-50(53)37-51-13-3-5-15-54(51)55)69(98)74-28-9-7-17-57(70(99)100)79-72(103)80-59(71(101)102)45-105-46-66(94)95/h2-5,12-15,21-22,25-26,37,48-49,56-59H,6-11,16-20,23-24,27-36,38-46H2,1H3,(H,73,87)(H,74,98)(H,75,85)(H,76,97)(H,77,86)(H,78,96)(H,88,89)(H,90,91)(H,92,93)(H,94,95)(H,99,100)(H,101,102)(H2,79,80,103)/t48?,49?,56-,57-,58-,59-/m0/s1. The highest BCUT2D eigenvalue weighted by Crippen LogP contribution is 2.32. The number of hydrogen-bond donors (Lipinski definition) is 14. The third kappa shape index (κ3) is 31.0. The highest BCUT2D eigenvalue weighted by molar-refractivity contribution is 6.03. The zero-order valence-electron chi connectivity index (χ0n) is 59.2. The van der Waals surface area contributed by atoms with Gasteiger partial charge in [0.2, 0.25) is 35.4 Å². The number of aliphatic carboxylic acids is 6. The molecule has 8 amide bonds. The van der Waals surface area contributed by atoms with Crippen molar-refractivity contribution < 1.29 is 102 Å². The first-order valence-corrected chi connectivity index (χ1v) is 35.4. The van der Waals surface area contributed by atoms with Gasteiger partial charge in [0.1, 0.15) is 30.5 Å². The Balaban J connectivity index is 1.05. The van der Waals surface area contributed by atoms with E-state index in [1.165, 1.54) is 0 Å². The average Bonchev–Trinajstić information content (AvgIpc) is 0.773. The van der Waals surface area contributed by atoms with E-state index in [0.717, 1.165) is 32.7 Å². The number of aryl methyl sites for hydroxylation is 1. The minimum absolute atomic E-state index is 0.0483. The van der Waals surface area contributed by atoms with Crippen LogP contribution in [0.15, 0.2) is 78.9 Å². The van der Waals surface area contributed by atoms with Crippen molar-refractivity contribution >= 4 is 98.8 Å². The number of carbonyl (C=O) groups is 13. The van der Waals surface area contributed by atoms with Gasteiger partial charge in [-0.05, 0) is 134 Å². The Bertz CT molecular complexity index is 3510. The summed E-state index contributed by atoms with van der Waals surface area (Å²) in [7, 11) is 1.57. The Morgan fingerprint density at radius 3 is 1.51 bits per heavy atom. The number of amides is 8. The molecule has 0 radical (unpaired) electrons. The van der Waals surface area contributed by atoms with Gasteiger partial charge in [0, 0.05) is 90.8 Å². The Kier molecular flexibility index (Phi) is 35.6. The topological polar surface area (TPSA) is 471 Å². The number of nitrogens with one attached hydrogen (secondary N) is 8. The van der Waals surface area contributed by atoms with E-state index in [2.05, 4.69) is 42.5 Å². The predicted octanol–water partition coefficient (Wildman–Crippen LogP) is 0.931. The number of carbonyl (C=O) groups excluding carboxylic acids is 7. The SMILES string of the molecule is COc1ccc(CCCC(=O)NCC(=O)N[C@@H](CCCCNC(=O)CN2CCN(CC(=O)O)CCN(CC(=O)O)CCN(CC(=O)O)CC2)C(=O)NCC2CCC(C(=O)N[C@@H](Cc3c4ccccc4cc4ccccc34)C(=O)NCCCC[C@H](NC(=O)N[C@@H](COCC(=O)O)C(=O)O)C(=O)O)CC2)cc1. The second kappa shape index (κ2) is 44.5. The van der Waals surface area contributed by atoms with Crippen LogP contribution in [0, 0.1) is 11.8 Å². The zero-order chi connectivity index (χ0) is 76.2. The van der Waals surface area contributed by atoms with Gasteiger partial charge in [-0.1, -0.05) is 60.7 Å². The van der Waals surface area contributed by atoms with Gasteiger partial charge in [0.05, 0.1) is 46.4 Å². The van der Waals surface area contributed by atoms with Crippen LogP contribution < -0.4 is 47.3 Å². The maximum atomic E-state index is 14.4. The molecule has 6 rings (SSSR count). The molecule has 4 aromatic carbocycles. The molecule has 1 aliphatic heterocycles. The molecule has 2 fully saturated rings. The molecule has 0 spiro atoms. The summed E-state index contributed by atoms with van der Waals surface area (Å²) in [6.07, 6.45) is 4.39. The Labute approximate surface area is 607 Å². The molecule has 0 aromatic heterocycles. The van der Waals surface area contributed by atoms with Crippen LogP contribution in [0.4, 0.5) is 4.79 Å². The first-order chi connectivity index (χ1) is 50.3. The van der Waals surface area contributed by atoms with E-state index < -0.39 is 109 Å². The summed E-state index contributed by atoms with van der Waals surface area (Å²) in [6.45, 7) is -0.764. The molecule has 1 saturated heterocycles. The molecular weight excluding hydrogens is 1370 g/mol. The fourth-order valence-corrected chi connectivity index (χ4v) is 12.7. The molecule has 0 unspecified atom stereocenters. The van der Waals surface area contributed by atoms with Crippen LogP contribution in [0.3, 0.4) is 0 Å². The second-order valence-electron chi connectivity index (χ2n) is 26.4. The van der Waals surface area contributed by atoms with Crippen LogP contribution in [0.25, 0.3) is 21.5 Å². The lowest BCUT2D eigenvalue weighted by Crippen LogP contribution is -2.52. The largest absolute Gasteiger partial charge is 0.497 e. The number of benzene rings is 4. The lowest BCUT2D eigenvalue weighted by molar-refractivity contribution is -0.146. The molecule has 14 N–H and O–H groups in total. The molecule has 33 heteroatoms. The van der Waals surface area contributed by atoms with Gasteiger partial charge in [-0.15, -0.1) is 0 Å². The number of fused-ring (bicyclic) bond motifs is 2. The van der Waals surface area contributed by atoms with Gasteiger partial charge < -0.3 is 82.6 Å². The van der Waals surface area contributed by atoms with E-state index in [9.17, 15) is 87.9 Å². The Morgan fingerprint density at radius 2 is 0.990 bits per heavy atom. The molecule has 4 aromatic rings. The van der Waals surface area contributed by atoms with Gasteiger partial charge in [0.15, 0.2) is 6.04 Å². The molecule has 1 aliphatic carbocycles.